The number of anilines is 2. The van der Waals surface area contributed by atoms with E-state index >= 15 is 0 Å². The summed E-state index contributed by atoms with van der Waals surface area (Å²) in [4.78, 5) is 2.53. The molecule has 1 atom stereocenters. The van der Waals surface area contributed by atoms with E-state index in [2.05, 4.69) is 11.0 Å². The highest BCUT2D eigenvalue weighted by Crippen LogP contribution is 2.40. The third-order valence-electron chi connectivity index (χ3n) is 4.52. The molecule has 1 aromatic carbocycles. The lowest BCUT2D eigenvalue weighted by Gasteiger charge is -2.32. The fourth-order valence-electron chi connectivity index (χ4n) is 3.68. The van der Waals surface area contributed by atoms with E-state index in [4.69, 9.17) is 17.3 Å². The summed E-state index contributed by atoms with van der Waals surface area (Å²) in [5.41, 5.74) is 7.71. The first-order valence-electron chi connectivity index (χ1n) is 7.07. The Hall–Kier alpha value is -0.890. The Morgan fingerprint density at radius 3 is 2.61 bits per heavy atom. The van der Waals surface area contributed by atoms with Gasteiger partial charge >= 0.3 is 0 Å². The quantitative estimate of drug-likeness (QED) is 0.816. The average Bonchev–Trinajstić information content (AvgIpc) is 2.98. The van der Waals surface area contributed by atoms with Crippen LogP contribution in [0.15, 0.2) is 18.2 Å². The number of benzene rings is 1. The van der Waals surface area contributed by atoms with Crippen LogP contribution >= 0.6 is 11.6 Å². The second-order valence-corrected chi connectivity index (χ2v) is 6.07. The van der Waals surface area contributed by atoms with Crippen LogP contribution in [0, 0.1) is 5.92 Å². The van der Waals surface area contributed by atoms with Crippen molar-refractivity contribution in [1.29, 1.82) is 0 Å². The molecule has 2 aliphatic rings. The molecule has 1 unspecified atom stereocenters. The second kappa shape index (κ2) is 5.00. The predicted octanol–water partition coefficient (Wildman–Crippen LogP) is 4.08. The van der Waals surface area contributed by atoms with Crippen molar-refractivity contribution in [1.82, 2.24) is 0 Å². The molecule has 3 rings (SSSR count). The van der Waals surface area contributed by atoms with Crippen LogP contribution in [-0.2, 0) is 0 Å². The van der Waals surface area contributed by atoms with Crippen molar-refractivity contribution in [3.05, 3.63) is 23.2 Å². The maximum Gasteiger partial charge on any atom is 0.0660 e. The highest BCUT2D eigenvalue weighted by Gasteiger charge is 2.34. The summed E-state index contributed by atoms with van der Waals surface area (Å²) in [5.74, 6) is 0.876. The summed E-state index contributed by atoms with van der Waals surface area (Å²) >= 11 is 6.36. The minimum absolute atomic E-state index is 0.702. The molecule has 98 valence electrons. The van der Waals surface area contributed by atoms with Gasteiger partial charge in [0.05, 0.1) is 10.7 Å². The lowest BCUT2D eigenvalue weighted by atomic mass is 9.95. The zero-order chi connectivity index (χ0) is 12.5. The predicted molar refractivity (Wildman–Crippen MR) is 78.2 cm³/mol. The molecule has 0 radical (unpaired) electrons. The van der Waals surface area contributed by atoms with Gasteiger partial charge in [0.25, 0.3) is 0 Å². The van der Waals surface area contributed by atoms with Gasteiger partial charge in [-0.2, -0.15) is 0 Å². The Morgan fingerprint density at radius 1 is 1.11 bits per heavy atom. The fraction of sp³-hybridized carbons (Fsp3) is 0.600. The van der Waals surface area contributed by atoms with Crippen LogP contribution in [0.4, 0.5) is 11.4 Å². The molecule has 2 N–H and O–H groups in total. The van der Waals surface area contributed by atoms with Gasteiger partial charge in [-0.1, -0.05) is 24.4 Å². The van der Waals surface area contributed by atoms with Crippen molar-refractivity contribution >= 4 is 23.0 Å². The first kappa shape index (κ1) is 12.2. The Kier molecular flexibility index (Phi) is 3.38. The van der Waals surface area contributed by atoms with Gasteiger partial charge < -0.3 is 10.6 Å². The summed E-state index contributed by atoms with van der Waals surface area (Å²) in [6.45, 7) is 1.14. The summed E-state index contributed by atoms with van der Waals surface area (Å²) < 4.78 is 0. The molecular weight excluding hydrogens is 244 g/mol. The molecule has 1 aliphatic carbocycles. The molecule has 1 aromatic rings. The van der Waals surface area contributed by atoms with E-state index in [1.54, 1.807) is 0 Å². The van der Waals surface area contributed by atoms with Gasteiger partial charge in [-0.25, -0.2) is 0 Å². The molecule has 18 heavy (non-hydrogen) atoms. The lowest BCUT2D eigenvalue weighted by molar-refractivity contribution is 0.431. The van der Waals surface area contributed by atoms with Crippen LogP contribution in [0.5, 0.6) is 0 Å². The van der Waals surface area contributed by atoms with Crippen LogP contribution in [0.25, 0.3) is 0 Å². The van der Waals surface area contributed by atoms with Gasteiger partial charge in [0, 0.05) is 18.3 Å². The van der Waals surface area contributed by atoms with Crippen molar-refractivity contribution in [2.75, 3.05) is 17.2 Å². The van der Waals surface area contributed by atoms with Gasteiger partial charge in [-0.3, -0.25) is 0 Å². The van der Waals surface area contributed by atoms with Crippen LogP contribution in [0.1, 0.15) is 38.5 Å². The molecule has 0 bridgehead atoms. The molecule has 3 heteroatoms. The van der Waals surface area contributed by atoms with Crippen molar-refractivity contribution in [2.24, 2.45) is 5.92 Å². The zero-order valence-corrected chi connectivity index (χ0v) is 11.5. The van der Waals surface area contributed by atoms with E-state index in [1.807, 2.05) is 12.1 Å². The summed E-state index contributed by atoms with van der Waals surface area (Å²) in [6.07, 6.45) is 8.23. The number of nitrogen functional groups attached to an aromatic ring is 1. The van der Waals surface area contributed by atoms with E-state index < -0.39 is 0 Å². The van der Waals surface area contributed by atoms with Crippen molar-refractivity contribution < 1.29 is 0 Å². The Balaban J connectivity index is 1.85. The number of halogens is 1. The smallest absolute Gasteiger partial charge is 0.0660 e. The highest BCUT2D eigenvalue weighted by molar-refractivity contribution is 6.33. The number of hydrogen-bond donors (Lipinski definition) is 1. The SMILES string of the molecule is Nc1ccc(N2CCCC2C2CCCC2)c(Cl)c1. The highest BCUT2D eigenvalue weighted by atomic mass is 35.5. The average molecular weight is 265 g/mol. The molecule has 1 saturated carbocycles. The molecule has 0 amide bonds. The Morgan fingerprint density at radius 2 is 1.89 bits per heavy atom. The Labute approximate surface area is 114 Å². The third-order valence-corrected chi connectivity index (χ3v) is 4.83. The van der Waals surface area contributed by atoms with Gasteiger partial charge in [0.1, 0.15) is 0 Å². The fourth-order valence-corrected chi connectivity index (χ4v) is 3.98. The van der Waals surface area contributed by atoms with Crippen molar-refractivity contribution in [3.63, 3.8) is 0 Å². The molecule has 0 aromatic heterocycles. The molecule has 2 nitrogen and oxygen atoms in total. The molecular formula is C15H21ClN2. The van der Waals surface area contributed by atoms with Crippen LogP contribution < -0.4 is 10.6 Å². The summed E-state index contributed by atoms with van der Waals surface area (Å²) in [5, 5.41) is 0.805. The Bertz CT molecular complexity index is 427. The van der Waals surface area contributed by atoms with E-state index in [1.165, 1.54) is 44.2 Å². The second-order valence-electron chi connectivity index (χ2n) is 5.66. The third kappa shape index (κ3) is 2.18. The van der Waals surface area contributed by atoms with Crippen molar-refractivity contribution in [3.8, 4) is 0 Å². The van der Waals surface area contributed by atoms with Crippen LogP contribution in [-0.4, -0.2) is 12.6 Å². The van der Waals surface area contributed by atoms with Gasteiger partial charge in [0.15, 0.2) is 0 Å². The van der Waals surface area contributed by atoms with Crippen LogP contribution in [0.2, 0.25) is 5.02 Å². The topological polar surface area (TPSA) is 29.3 Å². The minimum Gasteiger partial charge on any atom is -0.399 e. The summed E-state index contributed by atoms with van der Waals surface area (Å²) in [6, 6.07) is 6.63. The standard InChI is InChI=1S/C15H21ClN2/c16-13-10-12(17)7-8-15(13)18-9-3-6-14(18)11-4-1-2-5-11/h7-8,10-11,14H,1-6,9,17H2. The van der Waals surface area contributed by atoms with E-state index in [-0.39, 0.29) is 0 Å². The normalized spacial score (nSPS) is 24.9. The number of nitrogens with two attached hydrogens (primary N) is 1. The van der Waals surface area contributed by atoms with Crippen LogP contribution in [0.3, 0.4) is 0 Å². The molecule has 1 saturated heterocycles. The van der Waals surface area contributed by atoms with E-state index in [9.17, 15) is 0 Å². The summed E-state index contributed by atoms with van der Waals surface area (Å²) in [7, 11) is 0. The molecule has 1 heterocycles. The first-order chi connectivity index (χ1) is 8.75. The minimum atomic E-state index is 0.702. The lowest BCUT2D eigenvalue weighted by Crippen LogP contribution is -2.34. The zero-order valence-electron chi connectivity index (χ0n) is 10.7. The van der Waals surface area contributed by atoms with Gasteiger partial charge in [-0.05, 0) is 49.8 Å². The van der Waals surface area contributed by atoms with Gasteiger partial charge in [0.2, 0.25) is 0 Å². The molecule has 0 spiro atoms. The maximum atomic E-state index is 6.36. The van der Waals surface area contributed by atoms with Crippen molar-refractivity contribution in [2.45, 2.75) is 44.6 Å². The number of nitrogens with zero attached hydrogens (tertiary/aromatic N) is 1. The largest absolute Gasteiger partial charge is 0.399 e. The number of hydrogen-bond acceptors (Lipinski definition) is 2. The maximum absolute atomic E-state index is 6.36. The molecule has 1 aliphatic heterocycles. The van der Waals surface area contributed by atoms with E-state index in [0.717, 1.165) is 23.2 Å². The monoisotopic (exact) mass is 264 g/mol. The molecule has 2 fully saturated rings. The van der Waals surface area contributed by atoms with Gasteiger partial charge in [-0.15, -0.1) is 0 Å². The van der Waals surface area contributed by atoms with E-state index in [0.29, 0.717) is 6.04 Å². The number of rotatable bonds is 2. The first-order valence-corrected chi connectivity index (χ1v) is 7.45.